The second-order valence-electron chi connectivity index (χ2n) is 5.92. The molecule has 0 unspecified atom stereocenters. The lowest BCUT2D eigenvalue weighted by atomic mass is 10.1. The molecule has 0 aromatic carbocycles. The van der Waals surface area contributed by atoms with Crippen molar-refractivity contribution < 1.29 is 0 Å². The van der Waals surface area contributed by atoms with E-state index in [4.69, 9.17) is 5.41 Å². The summed E-state index contributed by atoms with van der Waals surface area (Å²) in [4.78, 5) is 19.5. The predicted octanol–water partition coefficient (Wildman–Crippen LogP) is 1.95. The van der Waals surface area contributed by atoms with E-state index in [1.807, 2.05) is 6.07 Å². The van der Waals surface area contributed by atoms with Crippen LogP contribution in [0.2, 0.25) is 0 Å². The van der Waals surface area contributed by atoms with Crippen LogP contribution in [0, 0.1) is 16.7 Å². The van der Waals surface area contributed by atoms with E-state index in [1.165, 1.54) is 6.21 Å². The van der Waals surface area contributed by atoms with Crippen LogP contribution in [0.5, 0.6) is 0 Å². The van der Waals surface area contributed by atoms with E-state index >= 15 is 0 Å². The molecule has 132 valence electrons. The molecule has 8 nitrogen and oxygen atoms in total. The zero-order valence-corrected chi connectivity index (χ0v) is 14.6. The molecule has 0 aliphatic carbocycles. The highest BCUT2D eigenvalue weighted by molar-refractivity contribution is 6.30. The fraction of sp³-hybridized carbons (Fsp3) is 0.333. The van der Waals surface area contributed by atoms with Crippen LogP contribution in [0.3, 0.4) is 0 Å². The molecule has 1 aliphatic rings. The normalized spacial score (nSPS) is 14.3. The summed E-state index contributed by atoms with van der Waals surface area (Å²) in [5, 5.41) is 19.8. The minimum Gasteiger partial charge on any atom is -0.356 e. The zero-order chi connectivity index (χ0) is 18.4. The van der Waals surface area contributed by atoms with Gasteiger partial charge in [0.2, 0.25) is 5.95 Å². The molecule has 2 N–H and O–H groups in total. The number of aromatic nitrogens is 3. The van der Waals surface area contributed by atoms with Gasteiger partial charge in [-0.25, -0.2) is 19.9 Å². The molecular weight excluding hydrogens is 328 g/mol. The smallest absolute Gasteiger partial charge is 0.250 e. The number of anilines is 1. The Morgan fingerprint density at radius 1 is 1.42 bits per heavy atom. The Hall–Kier alpha value is -3.18. The van der Waals surface area contributed by atoms with Crippen molar-refractivity contribution in [2.45, 2.75) is 12.8 Å². The topological polar surface area (TPSA) is 114 Å². The number of hydrogen-bond donors (Lipinski definition) is 2. The number of pyridine rings is 1. The van der Waals surface area contributed by atoms with E-state index in [0.717, 1.165) is 37.3 Å². The molecule has 1 aliphatic heterocycles. The van der Waals surface area contributed by atoms with Gasteiger partial charge in [0.25, 0.3) is 0 Å². The van der Waals surface area contributed by atoms with Crippen molar-refractivity contribution in [3.05, 3.63) is 30.1 Å². The van der Waals surface area contributed by atoms with Crippen LogP contribution >= 0.6 is 0 Å². The first kappa shape index (κ1) is 17.6. The van der Waals surface area contributed by atoms with Gasteiger partial charge in [-0.15, -0.1) is 0 Å². The van der Waals surface area contributed by atoms with Gasteiger partial charge in [-0.3, -0.25) is 0 Å². The Kier molecular flexibility index (Phi) is 5.61. The summed E-state index contributed by atoms with van der Waals surface area (Å²) in [6.07, 6.45) is 6.78. The maximum Gasteiger partial charge on any atom is 0.250 e. The van der Waals surface area contributed by atoms with Crippen LogP contribution in [0.25, 0.3) is 11.3 Å². The third-order valence-electron chi connectivity index (χ3n) is 4.10. The molecule has 0 radical (unpaired) electrons. The lowest BCUT2D eigenvalue weighted by Gasteiger charge is -2.17. The molecule has 1 fully saturated rings. The summed E-state index contributed by atoms with van der Waals surface area (Å²) in [5.41, 5.74) is 2.46. The lowest BCUT2D eigenvalue weighted by Crippen LogP contribution is -2.20. The maximum absolute atomic E-state index is 9.51. The molecule has 2 aromatic heterocycles. The highest BCUT2D eigenvalue weighted by atomic mass is 15.2. The van der Waals surface area contributed by atoms with Crippen LogP contribution in [0.4, 0.5) is 11.8 Å². The summed E-state index contributed by atoms with van der Waals surface area (Å²) < 4.78 is 0. The Morgan fingerprint density at radius 2 is 2.23 bits per heavy atom. The average molecular weight is 348 g/mol. The van der Waals surface area contributed by atoms with Crippen molar-refractivity contribution >= 4 is 23.7 Å². The monoisotopic (exact) mass is 348 g/mol. The van der Waals surface area contributed by atoms with Crippen molar-refractivity contribution in [1.82, 2.24) is 20.3 Å². The average Bonchev–Trinajstić information content (AvgIpc) is 3.22. The molecule has 0 bridgehead atoms. The van der Waals surface area contributed by atoms with Gasteiger partial charge in [0.15, 0.2) is 0 Å². The molecule has 0 spiro atoms. The Balaban J connectivity index is 1.93. The van der Waals surface area contributed by atoms with Gasteiger partial charge < -0.3 is 15.6 Å². The Bertz CT molecular complexity index is 862. The van der Waals surface area contributed by atoms with Crippen molar-refractivity contribution in [3.8, 4) is 17.3 Å². The zero-order valence-electron chi connectivity index (χ0n) is 14.6. The third-order valence-corrected chi connectivity index (χ3v) is 4.10. The summed E-state index contributed by atoms with van der Waals surface area (Å²) in [7, 11) is 1.79. The summed E-state index contributed by atoms with van der Waals surface area (Å²) in [5.74, 6) is 1.01. The van der Waals surface area contributed by atoms with Gasteiger partial charge in [-0.2, -0.15) is 5.26 Å². The van der Waals surface area contributed by atoms with Gasteiger partial charge in [0.1, 0.15) is 11.9 Å². The lowest BCUT2D eigenvalue weighted by molar-refractivity contribution is 0.934. The van der Waals surface area contributed by atoms with Gasteiger partial charge in [0.05, 0.1) is 17.0 Å². The molecule has 0 amide bonds. The Morgan fingerprint density at radius 3 is 2.92 bits per heavy atom. The number of aliphatic imine (C=N–C) groups is 1. The first-order valence-electron chi connectivity index (χ1n) is 8.46. The fourth-order valence-corrected chi connectivity index (χ4v) is 2.86. The summed E-state index contributed by atoms with van der Waals surface area (Å²) in [6.45, 7) is 2.33. The minimum atomic E-state index is 0.276. The number of nitriles is 1. The van der Waals surface area contributed by atoms with Crippen molar-refractivity contribution in [1.29, 1.82) is 10.7 Å². The van der Waals surface area contributed by atoms with E-state index in [0.29, 0.717) is 23.5 Å². The molecule has 3 rings (SSSR count). The van der Waals surface area contributed by atoms with Crippen LogP contribution in [-0.4, -0.2) is 53.6 Å². The molecular formula is C18H20N8. The standard InChI is InChI=1S/C18H20N8/c1-21-12-15(10-20)24-18-22-5-4-16(25-18)14-8-13(9-19)17(23-11-14)26-6-2-3-7-26/h4-5,8,10-11,20-21H,2-3,6-7,12H2,1H3. The number of rotatable bonds is 6. The van der Waals surface area contributed by atoms with Gasteiger partial charge in [0, 0.05) is 43.8 Å². The predicted molar refractivity (Wildman–Crippen MR) is 101 cm³/mol. The van der Waals surface area contributed by atoms with E-state index in [9.17, 15) is 5.26 Å². The summed E-state index contributed by atoms with van der Waals surface area (Å²) >= 11 is 0. The highest BCUT2D eigenvalue weighted by Crippen LogP contribution is 2.26. The molecule has 3 heterocycles. The molecule has 1 saturated heterocycles. The Labute approximate surface area is 152 Å². The molecule has 0 saturated carbocycles. The van der Waals surface area contributed by atoms with Crippen molar-refractivity contribution in [2.75, 3.05) is 31.6 Å². The van der Waals surface area contributed by atoms with Crippen molar-refractivity contribution in [2.24, 2.45) is 4.99 Å². The number of nitrogens with one attached hydrogen (secondary N) is 2. The second kappa shape index (κ2) is 8.27. The van der Waals surface area contributed by atoms with E-state index in [1.54, 1.807) is 25.5 Å². The fourth-order valence-electron chi connectivity index (χ4n) is 2.86. The summed E-state index contributed by atoms with van der Waals surface area (Å²) in [6, 6.07) is 5.81. The second-order valence-corrected chi connectivity index (χ2v) is 5.92. The number of nitrogens with zero attached hydrogens (tertiary/aromatic N) is 6. The van der Waals surface area contributed by atoms with Crippen LogP contribution in [-0.2, 0) is 0 Å². The minimum absolute atomic E-state index is 0.276. The number of hydrogen-bond acceptors (Lipinski definition) is 8. The SMILES string of the molecule is CNCC(C=N)=Nc1nccc(-c2cnc(N3CCCC3)c(C#N)c2)n1. The van der Waals surface area contributed by atoms with Gasteiger partial charge in [-0.1, -0.05) is 0 Å². The molecule has 2 aromatic rings. The largest absolute Gasteiger partial charge is 0.356 e. The first-order valence-corrected chi connectivity index (χ1v) is 8.46. The van der Waals surface area contributed by atoms with Gasteiger partial charge >= 0.3 is 0 Å². The molecule has 8 heteroatoms. The first-order chi connectivity index (χ1) is 12.7. The molecule has 0 atom stereocenters. The van der Waals surface area contributed by atoms with E-state index < -0.39 is 0 Å². The van der Waals surface area contributed by atoms with Crippen LogP contribution in [0.15, 0.2) is 29.5 Å². The maximum atomic E-state index is 9.51. The molecule has 26 heavy (non-hydrogen) atoms. The van der Waals surface area contributed by atoms with Crippen molar-refractivity contribution in [3.63, 3.8) is 0 Å². The highest BCUT2D eigenvalue weighted by Gasteiger charge is 2.18. The van der Waals surface area contributed by atoms with E-state index in [-0.39, 0.29) is 5.95 Å². The van der Waals surface area contributed by atoms with Crippen LogP contribution < -0.4 is 10.2 Å². The van der Waals surface area contributed by atoms with E-state index in [2.05, 4.69) is 36.2 Å². The van der Waals surface area contributed by atoms with Crippen LogP contribution in [0.1, 0.15) is 18.4 Å². The van der Waals surface area contributed by atoms with Gasteiger partial charge in [-0.05, 0) is 32.0 Å². The third kappa shape index (κ3) is 3.90. The quantitative estimate of drug-likeness (QED) is 0.771.